The van der Waals surface area contributed by atoms with Crippen LogP contribution in [0.1, 0.15) is 11.3 Å². The Morgan fingerprint density at radius 1 is 1.36 bits per heavy atom. The highest BCUT2D eigenvalue weighted by atomic mass is 35.5. The molecule has 0 amide bonds. The number of fused-ring (bicyclic) bond motifs is 1. The van der Waals surface area contributed by atoms with Crippen LogP contribution < -0.4 is 0 Å². The minimum Gasteiger partial charge on any atom is -0.392 e. The summed E-state index contributed by atoms with van der Waals surface area (Å²) in [6, 6.07) is 7.43. The summed E-state index contributed by atoms with van der Waals surface area (Å²) >= 11 is 6.06. The van der Waals surface area contributed by atoms with Crippen LogP contribution >= 0.6 is 11.6 Å². The Balaban J connectivity index is 2.75. The SMILES string of the molecule is Cc1cc(Cl)c2ccc(CO)cc2n1. The minimum absolute atomic E-state index is 0.0309. The Labute approximate surface area is 87.2 Å². The van der Waals surface area contributed by atoms with Gasteiger partial charge in [0.15, 0.2) is 0 Å². The number of aromatic nitrogens is 1. The predicted molar refractivity (Wildman–Crippen MR) is 57.4 cm³/mol. The summed E-state index contributed by atoms with van der Waals surface area (Å²) in [7, 11) is 0. The second kappa shape index (κ2) is 3.56. The van der Waals surface area contributed by atoms with Crippen molar-refractivity contribution in [2.24, 2.45) is 0 Å². The van der Waals surface area contributed by atoms with Gasteiger partial charge in [-0.1, -0.05) is 23.7 Å². The Hall–Kier alpha value is -1.12. The molecule has 2 nitrogen and oxygen atoms in total. The molecule has 0 radical (unpaired) electrons. The van der Waals surface area contributed by atoms with Gasteiger partial charge in [0.1, 0.15) is 0 Å². The molecule has 1 N–H and O–H groups in total. The quantitative estimate of drug-likeness (QED) is 0.780. The molecule has 0 spiro atoms. The van der Waals surface area contributed by atoms with Crippen molar-refractivity contribution < 1.29 is 5.11 Å². The number of rotatable bonds is 1. The molecule has 0 aliphatic carbocycles. The van der Waals surface area contributed by atoms with Crippen LogP contribution in [0, 0.1) is 6.92 Å². The number of benzene rings is 1. The zero-order valence-corrected chi connectivity index (χ0v) is 8.54. The highest BCUT2D eigenvalue weighted by Gasteiger charge is 2.02. The second-order valence-electron chi connectivity index (χ2n) is 3.26. The summed E-state index contributed by atoms with van der Waals surface area (Å²) in [5.74, 6) is 0. The summed E-state index contributed by atoms with van der Waals surface area (Å²) in [4.78, 5) is 4.35. The lowest BCUT2D eigenvalue weighted by Crippen LogP contribution is -1.88. The molecule has 2 rings (SSSR count). The second-order valence-corrected chi connectivity index (χ2v) is 3.66. The topological polar surface area (TPSA) is 33.1 Å². The van der Waals surface area contributed by atoms with Crippen molar-refractivity contribution in [3.8, 4) is 0 Å². The molecule has 0 saturated carbocycles. The van der Waals surface area contributed by atoms with Gasteiger partial charge in [-0.25, -0.2) is 0 Å². The first kappa shape index (κ1) is 9.44. The highest BCUT2D eigenvalue weighted by molar-refractivity contribution is 6.35. The van der Waals surface area contributed by atoms with Gasteiger partial charge in [0.2, 0.25) is 0 Å². The van der Waals surface area contributed by atoms with E-state index in [1.54, 1.807) is 0 Å². The third-order valence-electron chi connectivity index (χ3n) is 2.13. The predicted octanol–water partition coefficient (Wildman–Crippen LogP) is 2.69. The summed E-state index contributed by atoms with van der Waals surface area (Å²) in [5.41, 5.74) is 2.57. The summed E-state index contributed by atoms with van der Waals surface area (Å²) in [6.07, 6.45) is 0. The van der Waals surface area contributed by atoms with Crippen molar-refractivity contribution in [1.29, 1.82) is 0 Å². The van der Waals surface area contributed by atoms with Crippen LogP contribution in [0.25, 0.3) is 10.9 Å². The zero-order chi connectivity index (χ0) is 10.1. The average Bonchev–Trinajstić information content (AvgIpc) is 2.16. The van der Waals surface area contributed by atoms with Gasteiger partial charge >= 0.3 is 0 Å². The molecule has 0 aliphatic rings. The van der Waals surface area contributed by atoms with Gasteiger partial charge in [0.05, 0.1) is 17.1 Å². The van der Waals surface area contributed by atoms with Crippen molar-refractivity contribution in [2.45, 2.75) is 13.5 Å². The van der Waals surface area contributed by atoms with Gasteiger partial charge in [-0.15, -0.1) is 0 Å². The Kier molecular flexibility index (Phi) is 2.40. The molecule has 0 atom stereocenters. The largest absolute Gasteiger partial charge is 0.392 e. The van der Waals surface area contributed by atoms with Gasteiger partial charge < -0.3 is 5.11 Å². The van der Waals surface area contributed by atoms with E-state index in [9.17, 15) is 0 Å². The van der Waals surface area contributed by atoms with Crippen LogP contribution in [0.2, 0.25) is 5.02 Å². The van der Waals surface area contributed by atoms with Gasteiger partial charge in [-0.3, -0.25) is 4.98 Å². The summed E-state index contributed by atoms with van der Waals surface area (Å²) in [5, 5.41) is 10.6. The number of aliphatic hydroxyl groups is 1. The normalized spacial score (nSPS) is 10.8. The first-order chi connectivity index (χ1) is 6.70. The van der Waals surface area contributed by atoms with E-state index in [2.05, 4.69) is 4.98 Å². The monoisotopic (exact) mass is 207 g/mol. The molecule has 0 unspecified atom stereocenters. The van der Waals surface area contributed by atoms with E-state index >= 15 is 0 Å². The molecule has 0 aliphatic heterocycles. The summed E-state index contributed by atoms with van der Waals surface area (Å²) < 4.78 is 0. The molecule has 3 heteroatoms. The number of halogens is 1. The molecule has 0 fully saturated rings. The molecule has 1 aromatic carbocycles. The van der Waals surface area contributed by atoms with E-state index in [4.69, 9.17) is 16.7 Å². The zero-order valence-electron chi connectivity index (χ0n) is 7.79. The smallest absolute Gasteiger partial charge is 0.0723 e. The summed E-state index contributed by atoms with van der Waals surface area (Å²) in [6.45, 7) is 1.93. The van der Waals surface area contributed by atoms with Crippen LogP contribution in [0.5, 0.6) is 0 Å². The van der Waals surface area contributed by atoms with Crippen molar-refractivity contribution in [1.82, 2.24) is 4.98 Å². The molecular weight excluding hydrogens is 198 g/mol. The first-order valence-electron chi connectivity index (χ1n) is 4.37. The molecule has 0 saturated heterocycles. The van der Waals surface area contributed by atoms with Crippen LogP contribution in [0.3, 0.4) is 0 Å². The van der Waals surface area contributed by atoms with E-state index in [1.165, 1.54) is 0 Å². The Morgan fingerprint density at radius 3 is 2.86 bits per heavy atom. The van der Waals surface area contributed by atoms with Crippen LogP contribution in [0.4, 0.5) is 0 Å². The number of hydrogen-bond donors (Lipinski definition) is 1. The first-order valence-corrected chi connectivity index (χ1v) is 4.75. The number of aryl methyl sites for hydroxylation is 1. The third-order valence-corrected chi connectivity index (χ3v) is 2.45. The van der Waals surface area contributed by atoms with Crippen LogP contribution in [-0.4, -0.2) is 10.1 Å². The lowest BCUT2D eigenvalue weighted by Gasteiger charge is -2.03. The fourth-order valence-corrected chi connectivity index (χ4v) is 1.77. The van der Waals surface area contributed by atoms with Gasteiger partial charge in [0.25, 0.3) is 0 Å². The lowest BCUT2D eigenvalue weighted by atomic mass is 10.1. The van der Waals surface area contributed by atoms with Crippen molar-refractivity contribution in [3.63, 3.8) is 0 Å². The van der Waals surface area contributed by atoms with Crippen molar-refractivity contribution in [3.05, 3.63) is 40.5 Å². The van der Waals surface area contributed by atoms with Gasteiger partial charge in [-0.05, 0) is 24.6 Å². The molecule has 0 bridgehead atoms. The number of pyridine rings is 1. The molecular formula is C11H10ClNO. The third kappa shape index (κ3) is 1.59. The van der Waals surface area contributed by atoms with Crippen molar-refractivity contribution >= 4 is 22.5 Å². The maximum atomic E-state index is 8.97. The van der Waals surface area contributed by atoms with Crippen LogP contribution in [0.15, 0.2) is 24.3 Å². The van der Waals surface area contributed by atoms with E-state index in [0.29, 0.717) is 5.02 Å². The van der Waals surface area contributed by atoms with E-state index in [1.807, 2.05) is 31.2 Å². The Bertz CT molecular complexity index is 482. The fraction of sp³-hybridized carbons (Fsp3) is 0.182. The molecule has 1 heterocycles. The van der Waals surface area contributed by atoms with E-state index in [0.717, 1.165) is 22.2 Å². The van der Waals surface area contributed by atoms with E-state index in [-0.39, 0.29) is 6.61 Å². The number of hydrogen-bond acceptors (Lipinski definition) is 2. The fourth-order valence-electron chi connectivity index (χ4n) is 1.45. The van der Waals surface area contributed by atoms with Crippen molar-refractivity contribution in [2.75, 3.05) is 0 Å². The molecule has 1 aromatic heterocycles. The number of nitrogens with zero attached hydrogens (tertiary/aromatic N) is 1. The molecule has 14 heavy (non-hydrogen) atoms. The van der Waals surface area contributed by atoms with E-state index < -0.39 is 0 Å². The standard InChI is InChI=1S/C11H10ClNO/c1-7-4-10(12)9-3-2-8(6-14)5-11(9)13-7/h2-5,14H,6H2,1H3. The number of aliphatic hydroxyl groups excluding tert-OH is 1. The Morgan fingerprint density at radius 2 is 2.14 bits per heavy atom. The van der Waals surface area contributed by atoms with Gasteiger partial charge in [0, 0.05) is 11.1 Å². The van der Waals surface area contributed by atoms with Crippen LogP contribution in [-0.2, 0) is 6.61 Å². The maximum Gasteiger partial charge on any atom is 0.0723 e. The average molecular weight is 208 g/mol. The maximum absolute atomic E-state index is 8.97. The highest BCUT2D eigenvalue weighted by Crippen LogP contribution is 2.23. The molecule has 2 aromatic rings. The minimum atomic E-state index is 0.0309. The van der Waals surface area contributed by atoms with Gasteiger partial charge in [-0.2, -0.15) is 0 Å². The molecule has 72 valence electrons. The lowest BCUT2D eigenvalue weighted by molar-refractivity contribution is 0.282.